The van der Waals surface area contributed by atoms with Gasteiger partial charge in [0.05, 0.1) is 11.9 Å². The molecule has 126 valence electrons. The number of aryl methyl sites for hydroxylation is 1. The van der Waals surface area contributed by atoms with E-state index in [1.807, 2.05) is 19.1 Å². The Bertz CT molecular complexity index is 844. The van der Waals surface area contributed by atoms with E-state index in [0.29, 0.717) is 23.6 Å². The van der Waals surface area contributed by atoms with Crippen molar-refractivity contribution in [3.63, 3.8) is 0 Å². The van der Waals surface area contributed by atoms with E-state index in [0.717, 1.165) is 11.1 Å². The smallest absolute Gasteiger partial charge is 0.255 e. The van der Waals surface area contributed by atoms with Crippen molar-refractivity contribution in [1.29, 1.82) is 0 Å². The molecule has 25 heavy (non-hydrogen) atoms. The van der Waals surface area contributed by atoms with Crippen LogP contribution in [0.25, 0.3) is 0 Å². The van der Waals surface area contributed by atoms with Gasteiger partial charge in [0.25, 0.3) is 5.91 Å². The molecule has 0 radical (unpaired) electrons. The van der Waals surface area contributed by atoms with E-state index in [1.165, 1.54) is 12.1 Å². The Morgan fingerprint density at radius 2 is 1.72 bits per heavy atom. The van der Waals surface area contributed by atoms with Gasteiger partial charge in [-0.2, -0.15) is 0 Å². The second kappa shape index (κ2) is 7.57. The van der Waals surface area contributed by atoms with Crippen LogP contribution in [0.5, 0.6) is 0 Å². The molecule has 0 aliphatic carbocycles. The van der Waals surface area contributed by atoms with Crippen LogP contribution < -0.4 is 10.6 Å². The minimum absolute atomic E-state index is 0.172. The van der Waals surface area contributed by atoms with Crippen molar-refractivity contribution >= 4 is 17.4 Å². The van der Waals surface area contributed by atoms with E-state index in [4.69, 9.17) is 0 Å². The predicted molar refractivity (Wildman–Crippen MR) is 97.1 cm³/mol. The summed E-state index contributed by atoms with van der Waals surface area (Å²) >= 11 is 0. The topological polar surface area (TPSA) is 54.0 Å². The van der Waals surface area contributed by atoms with E-state index < -0.39 is 0 Å². The Labute approximate surface area is 145 Å². The summed E-state index contributed by atoms with van der Waals surface area (Å²) in [6, 6.07) is 17.2. The molecule has 0 aliphatic rings. The van der Waals surface area contributed by atoms with Crippen LogP contribution in [0.1, 0.15) is 21.5 Å². The fraction of sp³-hybridized carbons (Fsp3) is 0.100. The lowest BCUT2D eigenvalue weighted by Gasteiger charge is -2.08. The first kappa shape index (κ1) is 16.6. The SMILES string of the molecule is Cc1ccc(C(=O)Nc2ccc(NCc3ccc(F)cc3)nc2)cc1. The van der Waals surface area contributed by atoms with E-state index in [9.17, 15) is 9.18 Å². The Balaban J connectivity index is 1.57. The molecule has 0 aliphatic heterocycles. The highest BCUT2D eigenvalue weighted by atomic mass is 19.1. The summed E-state index contributed by atoms with van der Waals surface area (Å²) in [5, 5.41) is 5.97. The summed E-state index contributed by atoms with van der Waals surface area (Å²) in [4.78, 5) is 16.4. The van der Waals surface area contributed by atoms with Crippen LogP contribution in [0.2, 0.25) is 0 Å². The molecule has 3 aromatic rings. The molecule has 0 fully saturated rings. The van der Waals surface area contributed by atoms with Gasteiger partial charge >= 0.3 is 0 Å². The lowest BCUT2D eigenvalue weighted by molar-refractivity contribution is 0.102. The number of anilines is 2. The Morgan fingerprint density at radius 3 is 2.36 bits per heavy atom. The van der Waals surface area contributed by atoms with Crippen molar-refractivity contribution in [2.24, 2.45) is 0 Å². The summed E-state index contributed by atoms with van der Waals surface area (Å²) < 4.78 is 12.9. The quantitative estimate of drug-likeness (QED) is 0.727. The van der Waals surface area contributed by atoms with Crippen LogP contribution in [0.3, 0.4) is 0 Å². The maximum absolute atomic E-state index is 12.9. The summed E-state index contributed by atoms with van der Waals surface area (Å²) in [5.74, 6) is 0.252. The Kier molecular flexibility index (Phi) is 5.04. The standard InChI is InChI=1S/C20H18FN3O/c1-14-2-6-16(7-3-14)20(25)24-18-10-11-19(23-13-18)22-12-15-4-8-17(21)9-5-15/h2-11,13H,12H2,1H3,(H,22,23)(H,24,25). The van der Waals surface area contributed by atoms with E-state index >= 15 is 0 Å². The molecular weight excluding hydrogens is 317 g/mol. The maximum Gasteiger partial charge on any atom is 0.255 e. The van der Waals surface area contributed by atoms with Crippen LogP contribution in [-0.2, 0) is 6.54 Å². The number of hydrogen-bond acceptors (Lipinski definition) is 3. The minimum Gasteiger partial charge on any atom is -0.366 e. The highest BCUT2D eigenvalue weighted by Crippen LogP contribution is 2.13. The zero-order chi connectivity index (χ0) is 17.6. The third kappa shape index (κ3) is 4.64. The number of pyridine rings is 1. The number of amides is 1. The molecule has 2 aromatic carbocycles. The van der Waals surface area contributed by atoms with E-state index in [-0.39, 0.29) is 11.7 Å². The Morgan fingerprint density at radius 1 is 1.00 bits per heavy atom. The summed E-state index contributed by atoms with van der Waals surface area (Å²) in [5.41, 5.74) is 3.29. The summed E-state index contributed by atoms with van der Waals surface area (Å²) in [7, 11) is 0. The summed E-state index contributed by atoms with van der Waals surface area (Å²) in [6.07, 6.45) is 1.60. The van der Waals surface area contributed by atoms with Gasteiger partial charge < -0.3 is 10.6 Å². The molecule has 4 nitrogen and oxygen atoms in total. The van der Waals surface area contributed by atoms with Crippen LogP contribution in [0.4, 0.5) is 15.9 Å². The minimum atomic E-state index is -0.254. The number of carbonyl (C=O) groups is 1. The van der Waals surface area contributed by atoms with Crippen molar-refractivity contribution in [2.75, 3.05) is 10.6 Å². The lowest BCUT2D eigenvalue weighted by Crippen LogP contribution is -2.12. The third-order valence-corrected chi connectivity index (χ3v) is 3.72. The van der Waals surface area contributed by atoms with Crippen molar-refractivity contribution in [2.45, 2.75) is 13.5 Å². The molecule has 1 amide bonds. The molecule has 0 spiro atoms. The zero-order valence-electron chi connectivity index (χ0n) is 13.8. The first-order chi connectivity index (χ1) is 12.1. The number of nitrogens with one attached hydrogen (secondary N) is 2. The third-order valence-electron chi connectivity index (χ3n) is 3.72. The second-order valence-corrected chi connectivity index (χ2v) is 5.73. The molecule has 0 atom stereocenters. The van der Waals surface area contributed by atoms with Gasteiger partial charge in [-0.05, 0) is 48.9 Å². The molecule has 2 N–H and O–H groups in total. The number of rotatable bonds is 5. The van der Waals surface area contributed by atoms with Gasteiger partial charge in [0.1, 0.15) is 11.6 Å². The van der Waals surface area contributed by atoms with Gasteiger partial charge in [0, 0.05) is 12.1 Å². The van der Waals surface area contributed by atoms with Crippen molar-refractivity contribution in [3.05, 3.63) is 89.4 Å². The molecule has 0 saturated carbocycles. The van der Waals surface area contributed by atoms with Crippen molar-refractivity contribution in [1.82, 2.24) is 4.98 Å². The first-order valence-electron chi connectivity index (χ1n) is 7.92. The van der Waals surface area contributed by atoms with Gasteiger partial charge in [-0.15, -0.1) is 0 Å². The van der Waals surface area contributed by atoms with Crippen LogP contribution in [0.15, 0.2) is 66.9 Å². The van der Waals surface area contributed by atoms with Crippen LogP contribution in [-0.4, -0.2) is 10.9 Å². The van der Waals surface area contributed by atoms with Gasteiger partial charge in [0.15, 0.2) is 0 Å². The van der Waals surface area contributed by atoms with E-state index in [1.54, 1.807) is 42.6 Å². The van der Waals surface area contributed by atoms with Crippen LogP contribution in [0, 0.1) is 12.7 Å². The van der Waals surface area contributed by atoms with E-state index in [2.05, 4.69) is 15.6 Å². The molecule has 1 aromatic heterocycles. The van der Waals surface area contributed by atoms with Crippen LogP contribution >= 0.6 is 0 Å². The molecule has 1 heterocycles. The fourth-order valence-corrected chi connectivity index (χ4v) is 2.28. The number of benzene rings is 2. The highest BCUT2D eigenvalue weighted by molar-refractivity contribution is 6.04. The Hall–Kier alpha value is -3.21. The number of nitrogens with zero attached hydrogens (tertiary/aromatic N) is 1. The average molecular weight is 335 g/mol. The molecule has 3 rings (SSSR count). The molecule has 0 bridgehead atoms. The monoisotopic (exact) mass is 335 g/mol. The van der Waals surface area contributed by atoms with Gasteiger partial charge in [-0.25, -0.2) is 9.37 Å². The maximum atomic E-state index is 12.9. The largest absolute Gasteiger partial charge is 0.366 e. The predicted octanol–water partition coefficient (Wildman–Crippen LogP) is 4.39. The fourth-order valence-electron chi connectivity index (χ4n) is 2.28. The molecular formula is C20H18FN3O. The van der Waals surface area contributed by atoms with Gasteiger partial charge in [-0.3, -0.25) is 4.79 Å². The number of halogens is 1. The number of hydrogen-bond donors (Lipinski definition) is 2. The first-order valence-corrected chi connectivity index (χ1v) is 7.92. The second-order valence-electron chi connectivity index (χ2n) is 5.73. The van der Waals surface area contributed by atoms with Gasteiger partial charge in [-0.1, -0.05) is 29.8 Å². The zero-order valence-corrected chi connectivity index (χ0v) is 13.8. The van der Waals surface area contributed by atoms with Crippen molar-refractivity contribution < 1.29 is 9.18 Å². The lowest BCUT2D eigenvalue weighted by atomic mass is 10.1. The molecule has 5 heteroatoms. The number of aromatic nitrogens is 1. The highest BCUT2D eigenvalue weighted by Gasteiger charge is 2.06. The average Bonchev–Trinajstić information content (AvgIpc) is 2.63. The van der Waals surface area contributed by atoms with Gasteiger partial charge in [0.2, 0.25) is 0 Å². The molecule has 0 unspecified atom stereocenters. The van der Waals surface area contributed by atoms with Crippen molar-refractivity contribution in [3.8, 4) is 0 Å². The molecule has 0 saturated heterocycles. The summed E-state index contributed by atoms with van der Waals surface area (Å²) in [6.45, 7) is 2.52. The number of carbonyl (C=O) groups excluding carboxylic acids is 1. The normalized spacial score (nSPS) is 10.3.